The number of aryl methyl sites for hydroxylation is 1. The zero-order valence-corrected chi connectivity index (χ0v) is 10.2. The Morgan fingerprint density at radius 1 is 1.18 bits per heavy atom. The first kappa shape index (κ1) is 11.9. The number of benzene rings is 1. The van der Waals surface area contributed by atoms with Crippen molar-refractivity contribution in [3.63, 3.8) is 0 Å². The molecule has 0 saturated heterocycles. The lowest BCUT2D eigenvalue weighted by molar-refractivity contribution is 0.860. The van der Waals surface area contributed by atoms with Gasteiger partial charge >= 0.3 is 0 Å². The van der Waals surface area contributed by atoms with Crippen molar-refractivity contribution in [2.24, 2.45) is 0 Å². The van der Waals surface area contributed by atoms with E-state index in [1.54, 1.807) is 12.3 Å². The molecule has 4 heteroatoms. The van der Waals surface area contributed by atoms with E-state index in [0.717, 1.165) is 25.1 Å². The third-order valence-corrected chi connectivity index (χ3v) is 2.62. The summed E-state index contributed by atoms with van der Waals surface area (Å²) < 4.78 is 0. The molecule has 0 aliphatic rings. The summed E-state index contributed by atoms with van der Waals surface area (Å²) in [6.07, 6.45) is 3.82. The second kappa shape index (κ2) is 6.21. The van der Waals surface area contributed by atoms with E-state index < -0.39 is 0 Å². The van der Waals surface area contributed by atoms with Crippen LogP contribution in [0.2, 0.25) is 5.15 Å². The van der Waals surface area contributed by atoms with Crippen molar-refractivity contribution >= 4 is 17.3 Å². The monoisotopic (exact) mass is 247 g/mol. The fourth-order valence-corrected chi connectivity index (χ4v) is 1.77. The maximum atomic E-state index is 5.74. The van der Waals surface area contributed by atoms with Crippen LogP contribution in [0.3, 0.4) is 0 Å². The van der Waals surface area contributed by atoms with Crippen molar-refractivity contribution in [1.29, 1.82) is 0 Å². The van der Waals surface area contributed by atoms with E-state index in [9.17, 15) is 0 Å². The van der Waals surface area contributed by atoms with E-state index in [1.165, 1.54) is 5.56 Å². The molecule has 2 aromatic rings. The summed E-state index contributed by atoms with van der Waals surface area (Å²) >= 11 is 5.74. The van der Waals surface area contributed by atoms with E-state index in [-0.39, 0.29) is 0 Å². The van der Waals surface area contributed by atoms with Gasteiger partial charge in [-0.2, -0.15) is 5.10 Å². The standard InChI is InChI=1S/C13H14ClN3/c14-13-9-12(10-16-17-13)15-8-4-7-11-5-2-1-3-6-11/h1-3,5-6,9-10H,4,7-8H2,(H,15,17). The number of anilines is 1. The summed E-state index contributed by atoms with van der Waals surface area (Å²) in [7, 11) is 0. The first-order valence-electron chi connectivity index (χ1n) is 5.60. The molecule has 1 heterocycles. The van der Waals surface area contributed by atoms with Crippen LogP contribution in [-0.4, -0.2) is 16.7 Å². The zero-order chi connectivity index (χ0) is 11.9. The van der Waals surface area contributed by atoms with E-state index in [4.69, 9.17) is 11.6 Å². The normalized spacial score (nSPS) is 10.2. The van der Waals surface area contributed by atoms with Gasteiger partial charge in [-0.15, -0.1) is 5.10 Å². The van der Waals surface area contributed by atoms with E-state index >= 15 is 0 Å². The Morgan fingerprint density at radius 3 is 2.76 bits per heavy atom. The molecule has 0 saturated carbocycles. The third kappa shape index (κ3) is 4.04. The van der Waals surface area contributed by atoms with Crippen LogP contribution in [0, 0.1) is 0 Å². The largest absolute Gasteiger partial charge is 0.384 e. The smallest absolute Gasteiger partial charge is 0.153 e. The molecular formula is C13H14ClN3. The predicted molar refractivity (Wildman–Crippen MR) is 70.3 cm³/mol. The summed E-state index contributed by atoms with van der Waals surface area (Å²) in [6, 6.07) is 12.2. The molecule has 1 N–H and O–H groups in total. The molecule has 0 amide bonds. The Kier molecular flexibility index (Phi) is 4.33. The van der Waals surface area contributed by atoms with Gasteiger partial charge in [-0.05, 0) is 18.4 Å². The molecule has 0 spiro atoms. The second-order valence-corrected chi connectivity index (χ2v) is 4.17. The van der Waals surface area contributed by atoms with E-state index in [0.29, 0.717) is 5.15 Å². The minimum absolute atomic E-state index is 0.415. The average Bonchev–Trinajstić information content (AvgIpc) is 2.36. The molecule has 1 aromatic carbocycles. The first-order chi connectivity index (χ1) is 8.34. The topological polar surface area (TPSA) is 37.8 Å². The van der Waals surface area contributed by atoms with Crippen LogP contribution in [0.4, 0.5) is 5.69 Å². The van der Waals surface area contributed by atoms with Gasteiger partial charge in [0, 0.05) is 12.6 Å². The van der Waals surface area contributed by atoms with E-state index in [2.05, 4.69) is 39.8 Å². The summed E-state index contributed by atoms with van der Waals surface area (Å²) in [4.78, 5) is 0. The van der Waals surface area contributed by atoms with Crippen LogP contribution >= 0.6 is 11.6 Å². The van der Waals surface area contributed by atoms with Crippen LogP contribution in [0.5, 0.6) is 0 Å². The van der Waals surface area contributed by atoms with Crippen LogP contribution in [0.15, 0.2) is 42.6 Å². The van der Waals surface area contributed by atoms with Crippen molar-refractivity contribution in [1.82, 2.24) is 10.2 Å². The summed E-state index contributed by atoms with van der Waals surface area (Å²) in [5, 5.41) is 11.2. The molecule has 0 bridgehead atoms. The number of hydrogen-bond acceptors (Lipinski definition) is 3. The van der Waals surface area contributed by atoms with Gasteiger partial charge in [-0.1, -0.05) is 41.9 Å². The Balaban J connectivity index is 1.73. The van der Waals surface area contributed by atoms with Gasteiger partial charge in [0.05, 0.1) is 11.9 Å². The highest BCUT2D eigenvalue weighted by Gasteiger charge is 1.96. The van der Waals surface area contributed by atoms with Gasteiger partial charge in [-0.3, -0.25) is 0 Å². The molecule has 1 aromatic heterocycles. The Labute approximate surface area is 106 Å². The maximum Gasteiger partial charge on any atom is 0.153 e. The number of rotatable bonds is 5. The Bertz CT molecular complexity index is 459. The molecule has 0 radical (unpaired) electrons. The molecule has 0 fully saturated rings. The highest BCUT2D eigenvalue weighted by atomic mass is 35.5. The lowest BCUT2D eigenvalue weighted by Gasteiger charge is -2.05. The van der Waals surface area contributed by atoms with Gasteiger partial charge in [0.1, 0.15) is 0 Å². The first-order valence-corrected chi connectivity index (χ1v) is 5.98. The van der Waals surface area contributed by atoms with E-state index in [1.807, 2.05) is 6.07 Å². The van der Waals surface area contributed by atoms with Crippen LogP contribution in [0.25, 0.3) is 0 Å². The fourth-order valence-electron chi connectivity index (χ4n) is 1.61. The lowest BCUT2D eigenvalue weighted by Crippen LogP contribution is -2.03. The summed E-state index contributed by atoms with van der Waals surface area (Å²) in [5.74, 6) is 0. The quantitative estimate of drug-likeness (QED) is 0.825. The van der Waals surface area contributed by atoms with Crippen LogP contribution in [0.1, 0.15) is 12.0 Å². The van der Waals surface area contributed by atoms with Crippen molar-refractivity contribution in [2.75, 3.05) is 11.9 Å². The summed E-state index contributed by atoms with van der Waals surface area (Å²) in [6.45, 7) is 0.900. The van der Waals surface area contributed by atoms with Gasteiger partial charge in [0.25, 0.3) is 0 Å². The molecule has 0 unspecified atom stereocenters. The molecule has 3 nitrogen and oxygen atoms in total. The van der Waals surface area contributed by atoms with Crippen molar-refractivity contribution in [3.8, 4) is 0 Å². The van der Waals surface area contributed by atoms with Crippen molar-refractivity contribution in [2.45, 2.75) is 12.8 Å². The van der Waals surface area contributed by atoms with Gasteiger partial charge in [0.2, 0.25) is 0 Å². The highest BCUT2D eigenvalue weighted by molar-refractivity contribution is 6.29. The van der Waals surface area contributed by atoms with Gasteiger partial charge in [0.15, 0.2) is 5.15 Å². The number of hydrogen-bond donors (Lipinski definition) is 1. The maximum absolute atomic E-state index is 5.74. The average molecular weight is 248 g/mol. The molecule has 0 aliphatic carbocycles. The number of nitrogens with zero attached hydrogens (tertiary/aromatic N) is 2. The number of halogens is 1. The van der Waals surface area contributed by atoms with Gasteiger partial charge < -0.3 is 5.32 Å². The van der Waals surface area contributed by atoms with Crippen LogP contribution < -0.4 is 5.32 Å². The van der Waals surface area contributed by atoms with Crippen LogP contribution in [-0.2, 0) is 6.42 Å². The molecule has 0 aliphatic heterocycles. The summed E-state index contributed by atoms with van der Waals surface area (Å²) in [5.41, 5.74) is 2.28. The molecule has 88 valence electrons. The highest BCUT2D eigenvalue weighted by Crippen LogP contribution is 2.10. The lowest BCUT2D eigenvalue weighted by atomic mass is 10.1. The zero-order valence-electron chi connectivity index (χ0n) is 9.44. The fraction of sp³-hybridized carbons (Fsp3) is 0.231. The minimum Gasteiger partial charge on any atom is -0.384 e. The Hall–Kier alpha value is -1.61. The van der Waals surface area contributed by atoms with Crippen molar-refractivity contribution < 1.29 is 0 Å². The number of aromatic nitrogens is 2. The molecule has 0 atom stereocenters. The molecular weight excluding hydrogens is 234 g/mol. The van der Waals surface area contributed by atoms with Crippen molar-refractivity contribution in [3.05, 3.63) is 53.3 Å². The third-order valence-electron chi connectivity index (χ3n) is 2.44. The molecule has 17 heavy (non-hydrogen) atoms. The molecule has 2 rings (SSSR count). The predicted octanol–water partition coefficient (Wildman–Crippen LogP) is 3.17. The minimum atomic E-state index is 0.415. The number of nitrogens with one attached hydrogen (secondary N) is 1. The Morgan fingerprint density at radius 2 is 2.00 bits per heavy atom. The second-order valence-electron chi connectivity index (χ2n) is 3.78. The van der Waals surface area contributed by atoms with Gasteiger partial charge in [-0.25, -0.2) is 0 Å². The SMILES string of the molecule is Clc1cc(NCCCc2ccccc2)cnn1.